The second-order valence-corrected chi connectivity index (χ2v) is 10.9. The average Bonchev–Trinajstić information content (AvgIpc) is 3.50. The number of aromatic nitrogens is 1. The lowest BCUT2D eigenvalue weighted by Crippen LogP contribution is -2.29. The Kier molecular flexibility index (Phi) is 9.56. The number of H-pyrrole nitrogens is 1. The van der Waals surface area contributed by atoms with Crippen molar-refractivity contribution in [3.63, 3.8) is 0 Å². The Balaban J connectivity index is 1.25. The summed E-state index contributed by atoms with van der Waals surface area (Å²) in [5.41, 5.74) is 5.74. The molecular formula is C34H32F2N3O2S+. The molecule has 4 aromatic carbocycles. The standard InChI is InChI=1S/C34H31F2N3O2S/c35-30-19-28(20-31(36)29(30)15-16-33(40)41)37-21-25-11-13-26(14-12-25)22-39(18-17-24-7-3-1-4-8-24)34-38-32(23-42-34)27-9-5-2-6-10-27/h1-14,19-20,23,37H,15-18,21-22H2,(H,40,41)/p+1. The van der Waals surface area contributed by atoms with Crippen molar-refractivity contribution in [3.05, 3.63) is 136 Å². The number of thiazole rings is 1. The normalized spacial score (nSPS) is 10.9. The Hall–Kier alpha value is -4.56. The number of nitrogens with zero attached hydrogens (tertiary/aromatic N) is 1. The molecule has 5 nitrogen and oxygen atoms in total. The van der Waals surface area contributed by atoms with Crippen LogP contribution >= 0.6 is 11.3 Å². The van der Waals surface area contributed by atoms with Crippen LogP contribution in [-0.2, 0) is 30.7 Å². The second kappa shape index (κ2) is 13.9. The number of carbonyl (C=O) groups is 1. The van der Waals surface area contributed by atoms with Gasteiger partial charge in [0.2, 0.25) is 0 Å². The van der Waals surface area contributed by atoms with Crippen molar-refractivity contribution in [2.75, 3.05) is 16.8 Å². The molecule has 5 rings (SSSR count). The number of rotatable bonds is 13. The molecule has 0 spiro atoms. The number of aliphatic carboxylic acids is 1. The molecule has 0 fully saturated rings. The minimum absolute atomic E-state index is 0.187. The molecule has 0 saturated carbocycles. The molecule has 0 atom stereocenters. The molecule has 1 heterocycles. The molecule has 42 heavy (non-hydrogen) atoms. The third-order valence-electron chi connectivity index (χ3n) is 7.04. The van der Waals surface area contributed by atoms with Crippen LogP contribution in [0.25, 0.3) is 11.3 Å². The van der Waals surface area contributed by atoms with E-state index in [1.807, 2.05) is 36.4 Å². The predicted octanol–water partition coefficient (Wildman–Crippen LogP) is 7.39. The molecule has 0 aliphatic rings. The lowest BCUT2D eigenvalue weighted by molar-refractivity contribution is -0.344. The van der Waals surface area contributed by atoms with E-state index in [2.05, 4.69) is 69.1 Å². The first kappa shape index (κ1) is 29.0. The monoisotopic (exact) mass is 584 g/mol. The zero-order valence-corrected chi connectivity index (χ0v) is 23.8. The first-order valence-corrected chi connectivity index (χ1v) is 14.7. The van der Waals surface area contributed by atoms with E-state index in [9.17, 15) is 13.6 Å². The summed E-state index contributed by atoms with van der Waals surface area (Å²) in [6, 6.07) is 31.3. The molecule has 0 unspecified atom stereocenters. The van der Waals surface area contributed by atoms with Crippen molar-refractivity contribution >= 4 is 28.1 Å². The molecule has 0 amide bonds. The number of benzene rings is 4. The van der Waals surface area contributed by atoms with Crippen molar-refractivity contribution in [2.45, 2.75) is 32.4 Å². The highest BCUT2D eigenvalue weighted by atomic mass is 32.1. The van der Waals surface area contributed by atoms with Gasteiger partial charge in [-0.1, -0.05) is 96.3 Å². The highest BCUT2D eigenvalue weighted by Gasteiger charge is 2.20. The molecule has 0 radical (unpaired) electrons. The van der Waals surface area contributed by atoms with Gasteiger partial charge >= 0.3 is 11.1 Å². The van der Waals surface area contributed by atoms with Crippen molar-refractivity contribution in [3.8, 4) is 11.3 Å². The second-order valence-electron chi connectivity index (χ2n) is 10.1. The topological polar surface area (TPSA) is 66.7 Å². The average molecular weight is 585 g/mol. The first-order chi connectivity index (χ1) is 20.4. The number of carboxylic acids is 1. The number of hydrogen-bond acceptors (Lipinski definition) is 4. The molecule has 1 aromatic heterocycles. The number of nitrogens with one attached hydrogen (secondary N) is 2. The SMILES string of the molecule is O=C(O)CCc1c(F)cc(NCc2ccc(CN(CCc3ccccc3)c3[nH+]c(-c4ccccc4)cs3)cc2)cc1F. The molecule has 8 heteroatoms. The Morgan fingerprint density at radius 3 is 2.14 bits per heavy atom. The van der Waals surface area contributed by atoms with Crippen LogP contribution in [0.3, 0.4) is 0 Å². The van der Waals surface area contributed by atoms with Gasteiger partial charge in [-0.05, 0) is 35.2 Å². The van der Waals surface area contributed by atoms with E-state index >= 15 is 0 Å². The summed E-state index contributed by atoms with van der Waals surface area (Å²) in [5.74, 6) is -2.58. The molecule has 5 aromatic rings. The maximum absolute atomic E-state index is 14.4. The maximum atomic E-state index is 14.4. The van der Waals surface area contributed by atoms with Gasteiger partial charge in [0.05, 0.1) is 6.54 Å². The number of halogens is 2. The molecule has 0 saturated heterocycles. The number of hydrogen-bond donors (Lipinski definition) is 2. The number of carboxylic acid groups (broad SMARTS) is 1. The summed E-state index contributed by atoms with van der Waals surface area (Å²) in [4.78, 5) is 16.7. The predicted molar refractivity (Wildman–Crippen MR) is 164 cm³/mol. The van der Waals surface area contributed by atoms with Crippen LogP contribution in [0.5, 0.6) is 0 Å². The van der Waals surface area contributed by atoms with E-state index < -0.39 is 17.6 Å². The van der Waals surface area contributed by atoms with E-state index in [0.717, 1.165) is 47.0 Å². The van der Waals surface area contributed by atoms with Crippen molar-refractivity contribution < 1.29 is 23.7 Å². The Morgan fingerprint density at radius 2 is 1.48 bits per heavy atom. The van der Waals surface area contributed by atoms with Crippen LogP contribution in [0.4, 0.5) is 19.6 Å². The maximum Gasteiger partial charge on any atom is 0.334 e. The van der Waals surface area contributed by atoms with Gasteiger partial charge in [0.1, 0.15) is 23.9 Å². The van der Waals surface area contributed by atoms with E-state index in [4.69, 9.17) is 5.11 Å². The summed E-state index contributed by atoms with van der Waals surface area (Å²) in [6.07, 6.45) is 0.404. The van der Waals surface area contributed by atoms with Gasteiger partial charge in [0.15, 0.2) is 0 Å². The van der Waals surface area contributed by atoms with E-state index in [0.29, 0.717) is 12.2 Å². The third kappa shape index (κ3) is 7.79. The van der Waals surface area contributed by atoms with E-state index in [-0.39, 0.29) is 18.4 Å². The number of aromatic amines is 1. The van der Waals surface area contributed by atoms with Crippen LogP contribution in [0.2, 0.25) is 0 Å². The largest absolute Gasteiger partial charge is 0.481 e. The highest BCUT2D eigenvalue weighted by molar-refractivity contribution is 7.13. The number of anilines is 2. The van der Waals surface area contributed by atoms with Gasteiger partial charge in [0.25, 0.3) is 0 Å². The van der Waals surface area contributed by atoms with Gasteiger partial charge in [0, 0.05) is 41.6 Å². The van der Waals surface area contributed by atoms with E-state index in [1.54, 1.807) is 11.3 Å². The smallest absolute Gasteiger partial charge is 0.334 e. The summed E-state index contributed by atoms with van der Waals surface area (Å²) in [7, 11) is 0. The molecular weight excluding hydrogens is 552 g/mol. The Labute approximate surface area is 248 Å². The molecule has 0 bridgehead atoms. The molecule has 214 valence electrons. The van der Waals surface area contributed by atoms with Crippen LogP contribution in [0.15, 0.2) is 102 Å². The summed E-state index contributed by atoms with van der Waals surface area (Å²) in [6.45, 7) is 1.96. The Bertz CT molecular complexity index is 1590. The minimum atomic E-state index is -1.09. The van der Waals surface area contributed by atoms with Gasteiger partial charge in [-0.25, -0.2) is 18.7 Å². The molecule has 3 N–H and O–H groups in total. The third-order valence-corrected chi connectivity index (χ3v) is 7.98. The highest BCUT2D eigenvalue weighted by Crippen LogP contribution is 2.25. The van der Waals surface area contributed by atoms with Crippen LogP contribution in [-0.4, -0.2) is 17.6 Å². The molecule has 0 aliphatic carbocycles. The zero-order chi connectivity index (χ0) is 29.3. The van der Waals surface area contributed by atoms with Gasteiger partial charge in [-0.3, -0.25) is 4.79 Å². The summed E-state index contributed by atoms with van der Waals surface area (Å²) >= 11 is 1.69. The van der Waals surface area contributed by atoms with Crippen molar-refractivity contribution in [1.29, 1.82) is 0 Å². The fourth-order valence-corrected chi connectivity index (χ4v) is 5.62. The van der Waals surface area contributed by atoms with Crippen LogP contribution in [0, 0.1) is 11.6 Å². The van der Waals surface area contributed by atoms with Crippen molar-refractivity contribution in [2.24, 2.45) is 0 Å². The fraction of sp³-hybridized carbons (Fsp3) is 0.176. The fourth-order valence-electron chi connectivity index (χ4n) is 4.72. The van der Waals surface area contributed by atoms with Crippen molar-refractivity contribution in [1.82, 2.24) is 0 Å². The zero-order valence-electron chi connectivity index (χ0n) is 23.0. The molecule has 0 aliphatic heterocycles. The van der Waals surface area contributed by atoms with Crippen LogP contribution in [0.1, 0.15) is 28.7 Å². The van der Waals surface area contributed by atoms with Crippen LogP contribution < -0.4 is 15.2 Å². The van der Waals surface area contributed by atoms with E-state index in [1.165, 1.54) is 17.7 Å². The quantitative estimate of drug-likeness (QED) is 0.152. The van der Waals surface area contributed by atoms with Gasteiger partial charge in [-0.2, -0.15) is 0 Å². The lowest BCUT2D eigenvalue weighted by atomic mass is 10.1. The lowest BCUT2D eigenvalue weighted by Gasteiger charge is -2.16. The summed E-state index contributed by atoms with van der Waals surface area (Å²) < 4.78 is 28.8. The minimum Gasteiger partial charge on any atom is -0.481 e. The van der Waals surface area contributed by atoms with Gasteiger partial charge < -0.3 is 10.4 Å². The first-order valence-electron chi connectivity index (χ1n) is 13.8. The Morgan fingerprint density at radius 1 is 0.833 bits per heavy atom. The van der Waals surface area contributed by atoms with Gasteiger partial charge in [-0.15, -0.1) is 0 Å². The summed E-state index contributed by atoms with van der Waals surface area (Å²) in [5, 5.41) is 15.1.